The molecule has 1 heterocycles. The summed E-state index contributed by atoms with van der Waals surface area (Å²) in [5, 5.41) is 16.1. The zero-order chi connectivity index (χ0) is 20.6. The Kier molecular flexibility index (Phi) is 7.47. The van der Waals surface area contributed by atoms with Crippen molar-refractivity contribution in [2.75, 3.05) is 24.5 Å². The minimum absolute atomic E-state index is 0.220. The Morgan fingerprint density at radius 3 is 2.62 bits per heavy atom. The summed E-state index contributed by atoms with van der Waals surface area (Å²) in [6.07, 6.45) is 1.11. The molecule has 1 aliphatic rings. The van der Waals surface area contributed by atoms with Crippen molar-refractivity contribution in [2.24, 2.45) is 4.99 Å². The molecule has 2 aromatic rings. The number of hydrogen-bond acceptors (Lipinski definition) is 3. The van der Waals surface area contributed by atoms with Gasteiger partial charge in [0.2, 0.25) is 0 Å². The quantitative estimate of drug-likeness (QED) is 0.516. The van der Waals surface area contributed by atoms with Gasteiger partial charge >= 0.3 is 0 Å². The Morgan fingerprint density at radius 1 is 1.14 bits per heavy atom. The molecule has 0 aromatic heterocycles. The van der Waals surface area contributed by atoms with E-state index in [9.17, 15) is 9.50 Å². The molecular formula is C23H31FN4O. The van der Waals surface area contributed by atoms with Gasteiger partial charge in [-0.25, -0.2) is 9.38 Å². The number of aliphatic hydroxyl groups is 1. The summed E-state index contributed by atoms with van der Waals surface area (Å²) in [5.74, 6) is 0.492. The van der Waals surface area contributed by atoms with Crippen molar-refractivity contribution in [3.8, 4) is 0 Å². The van der Waals surface area contributed by atoms with Crippen LogP contribution in [-0.2, 0) is 13.1 Å². The van der Waals surface area contributed by atoms with Gasteiger partial charge in [0, 0.05) is 26.2 Å². The fourth-order valence-corrected chi connectivity index (χ4v) is 3.53. The lowest BCUT2D eigenvalue weighted by Crippen LogP contribution is -2.37. The number of guanidine groups is 1. The highest BCUT2D eigenvalue weighted by Crippen LogP contribution is 2.24. The normalized spacial score (nSPS) is 15.4. The summed E-state index contributed by atoms with van der Waals surface area (Å²) in [6, 6.07) is 13.7. The van der Waals surface area contributed by atoms with Gasteiger partial charge < -0.3 is 20.6 Å². The second kappa shape index (κ2) is 10.3. The van der Waals surface area contributed by atoms with Crippen LogP contribution in [0.2, 0.25) is 0 Å². The topological polar surface area (TPSA) is 59.9 Å². The van der Waals surface area contributed by atoms with Gasteiger partial charge in [0.05, 0.1) is 18.3 Å². The number of piperidine rings is 1. The van der Waals surface area contributed by atoms with E-state index in [2.05, 4.69) is 40.7 Å². The summed E-state index contributed by atoms with van der Waals surface area (Å²) >= 11 is 0. The second-order valence-corrected chi connectivity index (χ2v) is 7.54. The number of nitrogens with one attached hydrogen (secondary N) is 2. The van der Waals surface area contributed by atoms with E-state index in [1.165, 1.54) is 5.56 Å². The van der Waals surface area contributed by atoms with Crippen molar-refractivity contribution in [3.63, 3.8) is 0 Å². The van der Waals surface area contributed by atoms with Crippen LogP contribution in [0.1, 0.15) is 36.5 Å². The molecular weight excluding hydrogens is 367 g/mol. The summed E-state index contributed by atoms with van der Waals surface area (Å²) in [6.45, 7) is 7.31. The lowest BCUT2D eigenvalue weighted by atomic mass is 10.1. The third-order valence-electron chi connectivity index (χ3n) is 5.12. The monoisotopic (exact) mass is 398 g/mol. The molecule has 1 fully saturated rings. The minimum Gasteiger partial charge on any atom is -0.393 e. The molecule has 0 radical (unpaired) electrons. The van der Waals surface area contributed by atoms with Gasteiger partial charge in [0.25, 0.3) is 0 Å². The van der Waals surface area contributed by atoms with E-state index in [-0.39, 0.29) is 11.9 Å². The maximum atomic E-state index is 14.6. The molecule has 1 saturated heterocycles. The number of hydrogen-bond donors (Lipinski definition) is 3. The summed E-state index contributed by atoms with van der Waals surface area (Å²) in [7, 11) is 0. The van der Waals surface area contributed by atoms with Gasteiger partial charge in [-0.1, -0.05) is 35.9 Å². The minimum atomic E-state index is -0.263. The maximum Gasteiger partial charge on any atom is 0.191 e. The molecule has 0 unspecified atom stereocenters. The first kappa shape index (κ1) is 21.1. The van der Waals surface area contributed by atoms with Crippen LogP contribution in [-0.4, -0.2) is 36.8 Å². The highest BCUT2D eigenvalue weighted by atomic mass is 19.1. The smallest absolute Gasteiger partial charge is 0.191 e. The zero-order valence-corrected chi connectivity index (χ0v) is 17.3. The number of aliphatic hydroxyl groups excluding tert-OH is 1. The van der Waals surface area contributed by atoms with Crippen molar-refractivity contribution in [1.82, 2.24) is 10.6 Å². The van der Waals surface area contributed by atoms with Crippen molar-refractivity contribution in [3.05, 3.63) is 65.0 Å². The molecule has 6 heteroatoms. The number of aryl methyl sites for hydroxylation is 1. The van der Waals surface area contributed by atoms with Gasteiger partial charge in [-0.2, -0.15) is 0 Å². The van der Waals surface area contributed by atoms with Crippen LogP contribution in [0.5, 0.6) is 0 Å². The molecule has 3 rings (SSSR count). The van der Waals surface area contributed by atoms with Gasteiger partial charge in [-0.05, 0) is 49.9 Å². The van der Waals surface area contributed by atoms with Crippen molar-refractivity contribution in [2.45, 2.75) is 45.9 Å². The molecule has 156 valence electrons. The molecule has 0 aliphatic carbocycles. The van der Waals surface area contributed by atoms with Crippen molar-refractivity contribution >= 4 is 11.6 Å². The van der Waals surface area contributed by atoms with E-state index < -0.39 is 0 Å². The van der Waals surface area contributed by atoms with E-state index in [1.54, 1.807) is 6.07 Å². The summed E-state index contributed by atoms with van der Waals surface area (Å²) in [4.78, 5) is 6.64. The van der Waals surface area contributed by atoms with E-state index >= 15 is 0 Å². The fraction of sp³-hybridized carbons (Fsp3) is 0.435. The Labute approximate surface area is 172 Å². The molecule has 29 heavy (non-hydrogen) atoms. The first-order chi connectivity index (χ1) is 14.0. The molecule has 0 saturated carbocycles. The van der Waals surface area contributed by atoms with Crippen LogP contribution in [0.15, 0.2) is 47.5 Å². The first-order valence-electron chi connectivity index (χ1n) is 10.3. The van der Waals surface area contributed by atoms with Crippen molar-refractivity contribution in [1.29, 1.82) is 0 Å². The van der Waals surface area contributed by atoms with Gasteiger partial charge in [0.1, 0.15) is 5.82 Å². The van der Waals surface area contributed by atoms with Gasteiger partial charge in [-0.3, -0.25) is 0 Å². The van der Waals surface area contributed by atoms with E-state index in [4.69, 9.17) is 0 Å². The standard InChI is InChI=1S/C23H31FN4O/c1-3-25-23(26-15-18-6-4-5-17(2)13-18)27-16-19-7-8-22(21(24)14-19)28-11-9-20(29)10-12-28/h4-8,13-14,20,29H,3,9-12,15-16H2,1-2H3,(H2,25,26,27). The average Bonchev–Trinajstić information content (AvgIpc) is 2.71. The largest absolute Gasteiger partial charge is 0.393 e. The number of anilines is 1. The molecule has 0 amide bonds. The Hall–Kier alpha value is -2.60. The number of aliphatic imine (C=N–C) groups is 1. The third-order valence-corrected chi connectivity index (χ3v) is 5.12. The third kappa shape index (κ3) is 6.19. The van der Waals surface area contributed by atoms with Crippen LogP contribution >= 0.6 is 0 Å². The van der Waals surface area contributed by atoms with Crippen LogP contribution in [0, 0.1) is 12.7 Å². The van der Waals surface area contributed by atoms with Crippen LogP contribution in [0.3, 0.4) is 0 Å². The SMILES string of the molecule is CCNC(=NCc1cccc(C)c1)NCc1ccc(N2CCC(O)CC2)c(F)c1. The van der Waals surface area contributed by atoms with E-state index in [1.807, 2.05) is 30.0 Å². The molecule has 2 aromatic carbocycles. The Balaban J connectivity index is 1.60. The Bertz CT molecular complexity index is 831. The predicted molar refractivity (Wildman–Crippen MR) is 117 cm³/mol. The fourth-order valence-electron chi connectivity index (χ4n) is 3.53. The summed E-state index contributed by atoms with van der Waals surface area (Å²) in [5.41, 5.74) is 3.85. The van der Waals surface area contributed by atoms with Crippen LogP contribution in [0.4, 0.5) is 10.1 Å². The predicted octanol–water partition coefficient (Wildman–Crippen LogP) is 3.35. The second-order valence-electron chi connectivity index (χ2n) is 7.54. The number of benzene rings is 2. The van der Waals surface area contributed by atoms with Gasteiger partial charge in [0.15, 0.2) is 5.96 Å². The maximum absolute atomic E-state index is 14.6. The first-order valence-corrected chi connectivity index (χ1v) is 10.3. The molecule has 5 nitrogen and oxygen atoms in total. The zero-order valence-electron chi connectivity index (χ0n) is 17.3. The molecule has 3 N–H and O–H groups in total. The molecule has 0 bridgehead atoms. The molecule has 0 atom stereocenters. The highest BCUT2D eigenvalue weighted by Gasteiger charge is 2.19. The molecule has 0 spiro atoms. The van der Waals surface area contributed by atoms with E-state index in [0.29, 0.717) is 50.7 Å². The lowest BCUT2D eigenvalue weighted by Gasteiger charge is -2.31. The number of nitrogens with zero attached hydrogens (tertiary/aromatic N) is 2. The number of halogens is 1. The van der Waals surface area contributed by atoms with Crippen LogP contribution in [0.25, 0.3) is 0 Å². The van der Waals surface area contributed by atoms with Gasteiger partial charge in [-0.15, -0.1) is 0 Å². The van der Waals surface area contributed by atoms with E-state index in [0.717, 1.165) is 17.7 Å². The molecule has 1 aliphatic heterocycles. The Morgan fingerprint density at radius 2 is 1.93 bits per heavy atom. The number of rotatable bonds is 6. The van der Waals surface area contributed by atoms with Crippen molar-refractivity contribution < 1.29 is 9.50 Å². The lowest BCUT2D eigenvalue weighted by molar-refractivity contribution is 0.145. The average molecular weight is 399 g/mol. The highest BCUT2D eigenvalue weighted by molar-refractivity contribution is 5.79. The van der Waals surface area contributed by atoms with Crippen LogP contribution < -0.4 is 15.5 Å². The summed E-state index contributed by atoms with van der Waals surface area (Å²) < 4.78 is 14.6.